The van der Waals surface area contributed by atoms with Gasteiger partial charge in [0, 0.05) is 12.0 Å². The van der Waals surface area contributed by atoms with E-state index in [1.54, 1.807) is 19.4 Å². The average Bonchev–Trinajstić information content (AvgIpc) is 3.10. The van der Waals surface area contributed by atoms with E-state index >= 15 is 0 Å². The molecule has 1 aromatic heterocycles. The molecule has 122 valence electrons. The van der Waals surface area contributed by atoms with Crippen LogP contribution in [0.25, 0.3) is 22.6 Å². The van der Waals surface area contributed by atoms with Crippen molar-refractivity contribution >= 4 is 5.78 Å². The number of hydrogen-bond donors (Lipinski definition) is 1. The third-order valence-corrected chi connectivity index (χ3v) is 4.07. The maximum absolute atomic E-state index is 11.8. The lowest BCUT2D eigenvalue weighted by Gasteiger charge is -2.09. The van der Waals surface area contributed by atoms with Crippen LogP contribution in [-0.4, -0.2) is 16.8 Å². The number of rotatable bonds is 5. The van der Waals surface area contributed by atoms with Crippen molar-refractivity contribution in [2.24, 2.45) is 5.73 Å². The molecular weight excluding hydrogens is 300 g/mol. The minimum atomic E-state index is -0.426. The summed E-state index contributed by atoms with van der Waals surface area (Å²) in [7, 11) is 0. The molecule has 0 radical (unpaired) electrons. The van der Waals surface area contributed by atoms with Gasteiger partial charge in [0.25, 0.3) is 0 Å². The van der Waals surface area contributed by atoms with Crippen molar-refractivity contribution in [3.8, 4) is 22.6 Å². The first-order valence-electron chi connectivity index (χ1n) is 7.92. The molecule has 0 aliphatic heterocycles. The zero-order valence-corrected chi connectivity index (χ0v) is 13.8. The van der Waals surface area contributed by atoms with Crippen molar-refractivity contribution in [1.29, 1.82) is 0 Å². The SMILES string of the molecule is Cc1ccc(-c2ncco2)cc1-c1ccc(CC(=O)C(C)N)cc1. The lowest BCUT2D eigenvalue weighted by Crippen LogP contribution is -2.28. The zero-order valence-electron chi connectivity index (χ0n) is 13.8. The minimum Gasteiger partial charge on any atom is -0.445 e. The van der Waals surface area contributed by atoms with Gasteiger partial charge in [0.05, 0.1) is 12.2 Å². The van der Waals surface area contributed by atoms with Crippen molar-refractivity contribution in [3.05, 3.63) is 66.1 Å². The van der Waals surface area contributed by atoms with E-state index in [2.05, 4.69) is 24.0 Å². The Bertz CT molecular complexity index is 835. The van der Waals surface area contributed by atoms with Crippen molar-refractivity contribution in [2.75, 3.05) is 0 Å². The maximum atomic E-state index is 11.8. The highest BCUT2D eigenvalue weighted by atomic mass is 16.3. The van der Waals surface area contributed by atoms with Crippen LogP contribution in [0.3, 0.4) is 0 Å². The fourth-order valence-electron chi connectivity index (χ4n) is 2.60. The number of aryl methyl sites for hydroxylation is 1. The Morgan fingerprint density at radius 3 is 2.50 bits per heavy atom. The molecule has 0 amide bonds. The standard InChI is InChI=1S/C20H20N2O2/c1-13-3-6-17(20-22-9-10-24-20)12-18(13)16-7-4-15(5-8-16)11-19(23)14(2)21/h3-10,12,14H,11,21H2,1-2H3. The summed E-state index contributed by atoms with van der Waals surface area (Å²) in [6.45, 7) is 3.79. The second-order valence-corrected chi connectivity index (χ2v) is 6.00. The summed E-state index contributed by atoms with van der Waals surface area (Å²) in [6, 6.07) is 13.7. The Morgan fingerprint density at radius 2 is 1.88 bits per heavy atom. The Kier molecular flexibility index (Phi) is 4.58. The highest BCUT2D eigenvalue weighted by Crippen LogP contribution is 2.29. The predicted octanol–water partition coefficient (Wildman–Crippen LogP) is 3.78. The Balaban J connectivity index is 1.89. The normalized spacial score (nSPS) is 12.1. The van der Waals surface area contributed by atoms with Gasteiger partial charge in [-0.1, -0.05) is 30.3 Å². The van der Waals surface area contributed by atoms with Crippen LogP contribution < -0.4 is 5.73 Å². The largest absolute Gasteiger partial charge is 0.445 e. The number of carbonyl (C=O) groups excluding carboxylic acids is 1. The van der Waals surface area contributed by atoms with E-state index in [0.29, 0.717) is 12.3 Å². The van der Waals surface area contributed by atoms with Crippen LogP contribution >= 0.6 is 0 Å². The third-order valence-electron chi connectivity index (χ3n) is 4.07. The number of Topliss-reactive ketones (excluding diaryl/α,β-unsaturated/α-hetero) is 1. The number of nitrogens with zero attached hydrogens (tertiary/aromatic N) is 1. The van der Waals surface area contributed by atoms with Crippen LogP contribution in [-0.2, 0) is 11.2 Å². The Labute approximate surface area is 141 Å². The monoisotopic (exact) mass is 320 g/mol. The number of hydrogen-bond acceptors (Lipinski definition) is 4. The summed E-state index contributed by atoms with van der Waals surface area (Å²) < 4.78 is 5.38. The van der Waals surface area contributed by atoms with Crippen molar-refractivity contribution in [3.63, 3.8) is 0 Å². The number of oxazole rings is 1. The van der Waals surface area contributed by atoms with Crippen LogP contribution in [0.4, 0.5) is 0 Å². The number of ketones is 1. The van der Waals surface area contributed by atoms with Gasteiger partial charge < -0.3 is 10.2 Å². The summed E-state index contributed by atoms with van der Waals surface area (Å²) in [5.74, 6) is 0.653. The van der Waals surface area contributed by atoms with Crippen LogP contribution in [0.5, 0.6) is 0 Å². The molecule has 3 rings (SSSR count). The highest BCUT2D eigenvalue weighted by molar-refractivity contribution is 5.85. The van der Waals surface area contributed by atoms with Gasteiger partial charge in [-0.05, 0) is 48.2 Å². The number of benzene rings is 2. The van der Waals surface area contributed by atoms with Gasteiger partial charge in [0.2, 0.25) is 5.89 Å². The molecule has 24 heavy (non-hydrogen) atoms. The maximum Gasteiger partial charge on any atom is 0.225 e. The van der Waals surface area contributed by atoms with Crippen LogP contribution in [0, 0.1) is 6.92 Å². The van der Waals surface area contributed by atoms with E-state index in [1.165, 1.54) is 5.56 Å². The van der Waals surface area contributed by atoms with E-state index in [9.17, 15) is 4.79 Å². The van der Waals surface area contributed by atoms with Gasteiger partial charge in [-0.25, -0.2) is 4.98 Å². The van der Waals surface area contributed by atoms with E-state index in [4.69, 9.17) is 10.2 Å². The van der Waals surface area contributed by atoms with Gasteiger partial charge in [-0.2, -0.15) is 0 Å². The van der Waals surface area contributed by atoms with E-state index < -0.39 is 6.04 Å². The minimum absolute atomic E-state index is 0.0461. The fourth-order valence-corrected chi connectivity index (χ4v) is 2.60. The number of carbonyl (C=O) groups is 1. The summed E-state index contributed by atoms with van der Waals surface area (Å²) in [4.78, 5) is 16.0. The third kappa shape index (κ3) is 3.44. The van der Waals surface area contributed by atoms with Crippen molar-refractivity contribution in [1.82, 2.24) is 4.98 Å². The van der Waals surface area contributed by atoms with E-state index in [1.807, 2.05) is 30.3 Å². The first kappa shape index (κ1) is 16.1. The molecule has 0 spiro atoms. The molecule has 4 nitrogen and oxygen atoms in total. The van der Waals surface area contributed by atoms with Gasteiger partial charge in [0.1, 0.15) is 6.26 Å². The topological polar surface area (TPSA) is 69.1 Å². The smallest absolute Gasteiger partial charge is 0.225 e. The molecule has 0 fully saturated rings. The molecule has 4 heteroatoms. The second-order valence-electron chi connectivity index (χ2n) is 6.00. The Hall–Kier alpha value is -2.72. The summed E-state index contributed by atoms with van der Waals surface area (Å²) in [6.07, 6.45) is 3.57. The first-order chi connectivity index (χ1) is 11.5. The summed E-state index contributed by atoms with van der Waals surface area (Å²) in [5.41, 5.74) is 10.9. The van der Waals surface area contributed by atoms with E-state index in [0.717, 1.165) is 22.3 Å². The molecule has 0 aliphatic carbocycles. The molecule has 3 aromatic rings. The number of nitrogens with two attached hydrogens (primary N) is 1. The molecular formula is C20H20N2O2. The Morgan fingerprint density at radius 1 is 1.17 bits per heavy atom. The van der Waals surface area contributed by atoms with E-state index in [-0.39, 0.29) is 5.78 Å². The molecule has 0 saturated heterocycles. The molecule has 2 N–H and O–H groups in total. The molecule has 0 saturated carbocycles. The molecule has 1 heterocycles. The lowest BCUT2D eigenvalue weighted by atomic mass is 9.96. The molecule has 2 aromatic carbocycles. The van der Waals surface area contributed by atoms with Crippen molar-refractivity contribution in [2.45, 2.75) is 26.3 Å². The summed E-state index contributed by atoms with van der Waals surface area (Å²) >= 11 is 0. The second kappa shape index (κ2) is 6.81. The van der Waals surface area contributed by atoms with Gasteiger partial charge >= 0.3 is 0 Å². The van der Waals surface area contributed by atoms with Gasteiger partial charge in [0.15, 0.2) is 5.78 Å². The number of aromatic nitrogens is 1. The molecule has 0 aliphatic rings. The molecule has 1 unspecified atom stereocenters. The summed E-state index contributed by atoms with van der Waals surface area (Å²) in [5, 5.41) is 0. The average molecular weight is 320 g/mol. The van der Waals surface area contributed by atoms with Gasteiger partial charge in [-0.15, -0.1) is 0 Å². The first-order valence-corrected chi connectivity index (χ1v) is 7.92. The zero-order chi connectivity index (χ0) is 17.1. The molecule has 1 atom stereocenters. The van der Waals surface area contributed by atoms with Crippen LogP contribution in [0.2, 0.25) is 0 Å². The molecule has 0 bridgehead atoms. The lowest BCUT2D eigenvalue weighted by molar-refractivity contribution is -0.119. The fraction of sp³-hybridized carbons (Fsp3) is 0.200. The van der Waals surface area contributed by atoms with Crippen LogP contribution in [0.1, 0.15) is 18.1 Å². The highest BCUT2D eigenvalue weighted by Gasteiger charge is 2.10. The van der Waals surface area contributed by atoms with Gasteiger partial charge in [-0.3, -0.25) is 4.79 Å². The quantitative estimate of drug-likeness (QED) is 0.777. The van der Waals surface area contributed by atoms with Crippen LogP contribution in [0.15, 0.2) is 59.3 Å². The predicted molar refractivity (Wildman–Crippen MR) is 94.5 cm³/mol. The van der Waals surface area contributed by atoms with Crippen molar-refractivity contribution < 1.29 is 9.21 Å².